The van der Waals surface area contributed by atoms with Crippen molar-refractivity contribution in [2.45, 2.75) is 45.4 Å². The van der Waals surface area contributed by atoms with Crippen LogP contribution in [0, 0.1) is 5.92 Å². The summed E-state index contributed by atoms with van der Waals surface area (Å²) in [4.78, 5) is 14.6. The minimum absolute atomic E-state index is 0.210. The maximum atomic E-state index is 12.7. The fourth-order valence-electron chi connectivity index (χ4n) is 2.85. The van der Waals surface area contributed by atoms with Gasteiger partial charge in [0, 0.05) is 23.8 Å². The molecule has 0 aromatic heterocycles. The number of hydrogen-bond acceptors (Lipinski definition) is 2. The molecule has 0 heterocycles. The van der Waals surface area contributed by atoms with Crippen LogP contribution >= 0.6 is 0 Å². The minimum Gasteiger partial charge on any atom is -0.399 e. The maximum Gasteiger partial charge on any atom is 0.230 e. The molecule has 0 saturated heterocycles. The molecule has 1 aliphatic rings. The molecule has 1 saturated carbocycles. The highest BCUT2D eigenvalue weighted by Gasteiger charge is 2.26. The summed E-state index contributed by atoms with van der Waals surface area (Å²) in [5, 5.41) is 0. The molecule has 19 heavy (non-hydrogen) atoms. The number of amides is 1. The van der Waals surface area contributed by atoms with Crippen molar-refractivity contribution in [3.63, 3.8) is 0 Å². The Morgan fingerprint density at radius 3 is 2.68 bits per heavy atom. The van der Waals surface area contributed by atoms with E-state index in [9.17, 15) is 4.79 Å². The van der Waals surface area contributed by atoms with Gasteiger partial charge in [-0.05, 0) is 37.5 Å². The van der Waals surface area contributed by atoms with E-state index < -0.39 is 0 Å². The number of carbonyl (C=O) groups excluding carboxylic acids is 1. The molecule has 0 atom stereocenters. The van der Waals surface area contributed by atoms with E-state index in [1.807, 2.05) is 29.2 Å². The van der Waals surface area contributed by atoms with Crippen molar-refractivity contribution in [2.75, 3.05) is 17.2 Å². The Labute approximate surface area is 115 Å². The highest BCUT2D eigenvalue weighted by Crippen LogP contribution is 2.28. The third kappa shape index (κ3) is 3.49. The van der Waals surface area contributed by atoms with Crippen molar-refractivity contribution < 1.29 is 4.79 Å². The third-order valence-corrected chi connectivity index (χ3v) is 3.85. The van der Waals surface area contributed by atoms with E-state index in [0.717, 1.165) is 37.2 Å². The lowest BCUT2D eigenvalue weighted by Gasteiger charge is -2.29. The molecule has 1 aromatic rings. The van der Waals surface area contributed by atoms with Crippen LogP contribution in [0.3, 0.4) is 0 Å². The van der Waals surface area contributed by atoms with E-state index in [1.165, 1.54) is 19.3 Å². The van der Waals surface area contributed by atoms with Crippen LogP contribution in [0.25, 0.3) is 0 Å². The zero-order valence-electron chi connectivity index (χ0n) is 11.8. The average molecular weight is 260 g/mol. The van der Waals surface area contributed by atoms with Crippen molar-refractivity contribution in [1.29, 1.82) is 0 Å². The molecule has 0 radical (unpaired) electrons. The molecule has 2 rings (SSSR count). The summed E-state index contributed by atoms with van der Waals surface area (Å²) in [7, 11) is 0. The Balaban J connectivity index is 2.16. The predicted molar refractivity (Wildman–Crippen MR) is 80.1 cm³/mol. The van der Waals surface area contributed by atoms with Crippen LogP contribution in [0.4, 0.5) is 11.4 Å². The number of carbonyl (C=O) groups is 1. The largest absolute Gasteiger partial charge is 0.399 e. The molecule has 3 nitrogen and oxygen atoms in total. The molecule has 0 aliphatic heterocycles. The van der Waals surface area contributed by atoms with Crippen LogP contribution in [0.2, 0.25) is 0 Å². The number of hydrogen-bond donors (Lipinski definition) is 1. The van der Waals surface area contributed by atoms with Crippen LogP contribution in [0.15, 0.2) is 24.3 Å². The maximum absolute atomic E-state index is 12.7. The molecule has 2 N–H and O–H groups in total. The van der Waals surface area contributed by atoms with E-state index >= 15 is 0 Å². The van der Waals surface area contributed by atoms with E-state index in [-0.39, 0.29) is 11.8 Å². The van der Waals surface area contributed by atoms with Gasteiger partial charge in [-0.3, -0.25) is 4.79 Å². The van der Waals surface area contributed by atoms with Gasteiger partial charge in [0.05, 0.1) is 0 Å². The van der Waals surface area contributed by atoms with Gasteiger partial charge in [0.1, 0.15) is 0 Å². The first-order chi connectivity index (χ1) is 9.22. The summed E-state index contributed by atoms with van der Waals surface area (Å²) in [6.07, 6.45) is 6.70. The number of anilines is 2. The van der Waals surface area contributed by atoms with Gasteiger partial charge in [-0.15, -0.1) is 0 Å². The van der Waals surface area contributed by atoms with E-state index in [4.69, 9.17) is 5.73 Å². The van der Waals surface area contributed by atoms with Crippen molar-refractivity contribution in [1.82, 2.24) is 0 Å². The molecular formula is C16H24N2O. The third-order valence-electron chi connectivity index (χ3n) is 3.85. The molecule has 1 fully saturated rings. The number of benzene rings is 1. The standard InChI is InChI=1S/C16H24N2O/c1-2-11-18(15-10-6-9-14(17)12-15)16(19)13-7-4-3-5-8-13/h6,9-10,12-13H,2-5,7-8,11,17H2,1H3. The molecule has 0 bridgehead atoms. The van der Waals surface area contributed by atoms with Crippen LogP contribution in [-0.2, 0) is 4.79 Å². The summed E-state index contributed by atoms with van der Waals surface area (Å²) < 4.78 is 0. The van der Waals surface area contributed by atoms with Gasteiger partial charge < -0.3 is 10.6 Å². The monoisotopic (exact) mass is 260 g/mol. The van der Waals surface area contributed by atoms with Gasteiger partial charge in [0.2, 0.25) is 5.91 Å². The smallest absolute Gasteiger partial charge is 0.230 e. The summed E-state index contributed by atoms with van der Waals surface area (Å²) >= 11 is 0. The lowest BCUT2D eigenvalue weighted by molar-refractivity contribution is -0.123. The fraction of sp³-hybridized carbons (Fsp3) is 0.562. The normalized spacial score (nSPS) is 16.3. The van der Waals surface area contributed by atoms with Crippen LogP contribution < -0.4 is 10.6 Å². The van der Waals surface area contributed by atoms with Gasteiger partial charge >= 0.3 is 0 Å². The number of nitrogens with zero attached hydrogens (tertiary/aromatic N) is 1. The molecule has 0 spiro atoms. The molecule has 1 aliphatic carbocycles. The topological polar surface area (TPSA) is 46.3 Å². The first-order valence-corrected chi connectivity index (χ1v) is 7.39. The van der Waals surface area contributed by atoms with Crippen molar-refractivity contribution in [2.24, 2.45) is 5.92 Å². The van der Waals surface area contributed by atoms with Gasteiger partial charge in [-0.25, -0.2) is 0 Å². The van der Waals surface area contributed by atoms with Crippen molar-refractivity contribution in [3.05, 3.63) is 24.3 Å². The van der Waals surface area contributed by atoms with Crippen LogP contribution in [0.5, 0.6) is 0 Å². The highest BCUT2D eigenvalue weighted by molar-refractivity contribution is 5.95. The molecule has 104 valence electrons. The highest BCUT2D eigenvalue weighted by atomic mass is 16.2. The summed E-state index contributed by atoms with van der Waals surface area (Å²) in [6, 6.07) is 7.66. The Morgan fingerprint density at radius 2 is 2.05 bits per heavy atom. The molecule has 3 heteroatoms. The molecule has 0 unspecified atom stereocenters. The number of rotatable bonds is 4. The van der Waals surface area contributed by atoms with E-state index in [2.05, 4.69) is 6.92 Å². The minimum atomic E-state index is 0.210. The zero-order chi connectivity index (χ0) is 13.7. The van der Waals surface area contributed by atoms with Gasteiger partial charge in [-0.2, -0.15) is 0 Å². The van der Waals surface area contributed by atoms with E-state index in [0.29, 0.717) is 0 Å². The second kappa shape index (κ2) is 6.60. The lowest BCUT2D eigenvalue weighted by Crippen LogP contribution is -2.37. The predicted octanol–water partition coefficient (Wildman–Crippen LogP) is 3.59. The lowest BCUT2D eigenvalue weighted by atomic mass is 9.88. The van der Waals surface area contributed by atoms with Crippen molar-refractivity contribution >= 4 is 17.3 Å². The second-order valence-corrected chi connectivity index (χ2v) is 5.42. The summed E-state index contributed by atoms with van der Waals surface area (Å²) in [5.74, 6) is 0.494. The summed E-state index contributed by atoms with van der Waals surface area (Å²) in [5.41, 5.74) is 7.49. The summed E-state index contributed by atoms with van der Waals surface area (Å²) in [6.45, 7) is 2.88. The SMILES string of the molecule is CCCN(C(=O)C1CCCCC1)c1cccc(N)c1. The van der Waals surface area contributed by atoms with Crippen molar-refractivity contribution in [3.8, 4) is 0 Å². The van der Waals surface area contributed by atoms with Crippen LogP contribution in [0.1, 0.15) is 45.4 Å². The molecule has 1 amide bonds. The van der Waals surface area contributed by atoms with E-state index in [1.54, 1.807) is 0 Å². The second-order valence-electron chi connectivity index (χ2n) is 5.42. The fourth-order valence-corrected chi connectivity index (χ4v) is 2.85. The Kier molecular flexibility index (Phi) is 4.83. The quantitative estimate of drug-likeness (QED) is 0.841. The molecular weight excluding hydrogens is 236 g/mol. The Morgan fingerprint density at radius 1 is 1.32 bits per heavy atom. The average Bonchev–Trinajstić information content (AvgIpc) is 2.45. The molecule has 1 aromatic carbocycles. The van der Waals surface area contributed by atoms with Gasteiger partial charge in [0.15, 0.2) is 0 Å². The Hall–Kier alpha value is -1.51. The zero-order valence-corrected chi connectivity index (χ0v) is 11.8. The van der Waals surface area contributed by atoms with Gasteiger partial charge in [-0.1, -0.05) is 32.3 Å². The first kappa shape index (κ1) is 13.9. The number of nitrogen functional groups attached to an aromatic ring is 1. The first-order valence-electron chi connectivity index (χ1n) is 7.39. The Bertz CT molecular complexity index is 425. The van der Waals surface area contributed by atoms with Gasteiger partial charge in [0.25, 0.3) is 0 Å². The number of nitrogens with two attached hydrogens (primary N) is 1. The van der Waals surface area contributed by atoms with Crippen LogP contribution in [-0.4, -0.2) is 12.5 Å².